The smallest absolute Gasteiger partial charge is 0.323 e. The van der Waals surface area contributed by atoms with Crippen molar-refractivity contribution >= 4 is 35.3 Å². The van der Waals surface area contributed by atoms with E-state index in [2.05, 4.69) is 10.6 Å². The van der Waals surface area contributed by atoms with E-state index in [0.29, 0.717) is 24.0 Å². The average molecular weight is 438 g/mol. The largest absolute Gasteiger partial charge is 0.480 e. The minimum atomic E-state index is -1.14. The van der Waals surface area contributed by atoms with Gasteiger partial charge in [-0.05, 0) is 44.0 Å². The summed E-state index contributed by atoms with van der Waals surface area (Å²) in [5, 5.41) is 25.0. The zero-order valence-corrected chi connectivity index (χ0v) is 17.4. The number of carbonyl (C=O) groups is 3. The lowest BCUT2D eigenvalue weighted by Gasteiger charge is -2.27. The molecule has 1 saturated heterocycles. The van der Waals surface area contributed by atoms with Crippen molar-refractivity contribution in [1.82, 2.24) is 10.6 Å². The van der Waals surface area contributed by atoms with Gasteiger partial charge in [-0.2, -0.15) is 0 Å². The van der Waals surface area contributed by atoms with E-state index in [9.17, 15) is 24.6 Å². The summed E-state index contributed by atoms with van der Waals surface area (Å²) in [5.41, 5.74) is 0.522. The van der Waals surface area contributed by atoms with Crippen LogP contribution in [0.25, 0.3) is 0 Å². The highest BCUT2D eigenvalue weighted by atomic mass is 32.2. The number of hydrogen-bond donors (Lipinski definition) is 4. The zero-order valence-electron chi connectivity index (χ0n) is 16.6. The topological polar surface area (TPSA) is 128 Å². The molecule has 0 bridgehead atoms. The summed E-state index contributed by atoms with van der Waals surface area (Å²) >= 11 is 1.39. The number of amides is 1. The van der Waals surface area contributed by atoms with Gasteiger partial charge in [0.05, 0.1) is 18.3 Å². The molecule has 4 N–H and O–H groups in total. The lowest BCUT2D eigenvalue weighted by molar-refractivity contribution is -0.142. The first-order valence-electron chi connectivity index (χ1n) is 9.98. The number of nitrogens with one attached hydrogen (secondary N) is 2. The Hall–Kier alpha value is -2.14. The summed E-state index contributed by atoms with van der Waals surface area (Å²) in [6, 6.07) is 5.17. The summed E-state index contributed by atoms with van der Waals surface area (Å²) in [4.78, 5) is 38.1. The molecule has 1 amide bonds. The van der Waals surface area contributed by atoms with Gasteiger partial charge in [-0.25, -0.2) is 0 Å². The van der Waals surface area contributed by atoms with E-state index >= 15 is 0 Å². The molecular weight excluding hydrogens is 410 g/mol. The summed E-state index contributed by atoms with van der Waals surface area (Å²) in [6.07, 6.45) is 1.98. The quantitative estimate of drug-likeness (QED) is 0.440. The molecule has 0 aromatic heterocycles. The van der Waals surface area contributed by atoms with Crippen molar-refractivity contribution in [1.29, 1.82) is 0 Å². The van der Waals surface area contributed by atoms with Crippen LogP contribution in [0.2, 0.25) is 0 Å². The molecule has 0 spiro atoms. The van der Waals surface area contributed by atoms with Gasteiger partial charge in [-0.3, -0.25) is 24.6 Å². The molecule has 164 valence electrons. The lowest BCUT2D eigenvalue weighted by Crippen LogP contribution is -2.55. The SMILES string of the molecule is O=C(O)CN1C(=O)C(N[C@H](COCC2CCNCC2)C(=O)O)CSc2ccccc21. The van der Waals surface area contributed by atoms with Gasteiger partial charge in [0.15, 0.2) is 0 Å². The highest BCUT2D eigenvalue weighted by Gasteiger charge is 2.34. The van der Waals surface area contributed by atoms with Crippen molar-refractivity contribution in [3.05, 3.63) is 24.3 Å². The number of fused-ring (bicyclic) bond motifs is 1. The highest BCUT2D eigenvalue weighted by Crippen LogP contribution is 2.34. The molecular formula is C20H27N3O6S. The van der Waals surface area contributed by atoms with E-state index < -0.39 is 36.5 Å². The highest BCUT2D eigenvalue weighted by molar-refractivity contribution is 7.99. The fourth-order valence-electron chi connectivity index (χ4n) is 3.61. The van der Waals surface area contributed by atoms with E-state index in [1.54, 1.807) is 12.1 Å². The number of aliphatic carboxylic acids is 2. The first kappa shape index (κ1) is 22.5. The molecule has 2 aliphatic rings. The Kier molecular flexibility index (Phi) is 8.08. The maximum atomic E-state index is 13.1. The summed E-state index contributed by atoms with van der Waals surface area (Å²) in [6.45, 7) is 1.81. The molecule has 3 rings (SSSR count). The third kappa shape index (κ3) is 5.94. The normalized spacial score (nSPS) is 21.0. The number of anilines is 1. The number of carboxylic acid groups (broad SMARTS) is 2. The molecule has 2 atom stereocenters. The fraction of sp³-hybridized carbons (Fsp3) is 0.550. The van der Waals surface area contributed by atoms with Crippen LogP contribution >= 0.6 is 11.8 Å². The van der Waals surface area contributed by atoms with Gasteiger partial charge in [0.1, 0.15) is 12.6 Å². The lowest BCUT2D eigenvalue weighted by atomic mass is 9.99. The van der Waals surface area contributed by atoms with E-state index in [1.807, 2.05) is 12.1 Å². The van der Waals surface area contributed by atoms with Crippen LogP contribution in [0.4, 0.5) is 5.69 Å². The zero-order chi connectivity index (χ0) is 21.5. The number of piperidine rings is 1. The van der Waals surface area contributed by atoms with Crippen molar-refractivity contribution in [2.75, 3.05) is 43.5 Å². The van der Waals surface area contributed by atoms with Gasteiger partial charge >= 0.3 is 11.9 Å². The minimum absolute atomic E-state index is 0.0560. The second-order valence-electron chi connectivity index (χ2n) is 7.44. The number of hydrogen-bond acceptors (Lipinski definition) is 7. The second kappa shape index (κ2) is 10.8. The predicted octanol–water partition coefficient (Wildman–Crippen LogP) is 0.638. The van der Waals surface area contributed by atoms with Gasteiger partial charge in [-0.1, -0.05) is 12.1 Å². The predicted molar refractivity (Wildman–Crippen MR) is 112 cm³/mol. The number of carbonyl (C=O) groups excluding carboxylic acids is 1. The van der Waals surface area contributed by atoms with Crippen LogP contribution in [-0.2, 0) is 19.1 Å². The van der Waals surface area contributed by atoms with E-state index in [4.69, 9.17) is 4.74 Å². The maximum Gasteiger partial charge on any atom is 0.323 e. The standard InChI is InChI=1S/C20H27N3O6S/c24-18(25)9-23-16-3-1-2-4-17(16)30-12-15(19(23)26)22-14(20(27)28)11-29-10-13-5-7-21-8-6-13/h1-4,13-15,21-22H,5-12H2,(H,24,25)(H,27,28)/t14-,15?/m1/s1. The average Bonchev–Trinajstić information content (AvgIpc) is 2.85. The molecule has 1 fully saturated rings. The maximum absolute atomic E-state index is 13.1. The van der Waals surface area contributed by atoms with Crippen LogP contribution in [-0.4, -0.2) is 78.7 Å². The van der Waals surface area contributed by atoms with Crippen molar-refractivity contribution in [2.45, 2.75) is 29.8 Å². The number of rotatable bonds is 9. The number of para-hydroxylation sites is 1. The third-order valence-electron chi connectivity index (χ3n) is 5.22. The molecule has 10 heteroatoms. The minimum Gasteiger partial charge on any atom is -0.480 e. The molecule has 0 radical (unpaired) electrons. The number of carboxylic acids is 2. The van der Waals surface area contributed by atoms with Crippen molar-refractivity contribution in [3.8, 4) is 0 Å². The van der Waals surface area contributed by atoms with E-state index in [1.165, 1.54) is 16.7 Å². The van der Waals surface area contributed by atoms with Gasteiger partial charge in [0, 0.05) is 17.3 Å². The van der Waals surface area contributed by atoms with Gasteiger partial charge in [-0.15, -0.1) is 11.8 Å². The Morgan fingerprint density at radius 2 is 2.00 bits per heavy atom. The third-order valence-corrected chi connectivity index (χ3v) is 6.37. The molecule has 1 aromatic rings. The van der Waals surface area contributed by atoms with Crippen LogP contribution in [0.5, 0.6) is 0 Å². The molecule has 30 heavy (non-hydrogen) atoms. The van der Waals surface area contributed by atoms with Crippen molar-refractivity contribution in [3.63, 3.8) is 0 Å². The van der Waals surface area contributed by atoms with Crippen molar-refractivity contribution in [2.24, 2.45) is 5.92 Å². The summed E-state index contributed by atoms with van der Waals surface area (Å²) < 4.78 is 5.66. The van der Waals surface area contributed by atoms with Crippen LogP contribution in [0, 0.1) is 5.92 Å². The molecule has 1 unspecified atom stereocenters. The Labute approximate surface area is 179 Å². The molecule has 1 aromatic carbocycles. The second-order valence-corrected chi connectivity index (χ2v) is 8.50. The Bertz CT molecular complexity index is 771. The molecule has 2 aliphatic heterocycles. The fourth-order valence-corrected chi connectivity index (χ4v) is 4.69. The van der Waals surface area contributed by atoms with Crippen LogP contribution in [0.3, 0.4) is 0 Å². The van der Waals surface area contributed by atoms with Gasteiger partial charge in [0.25, 0.3) is 0 Å². The summed E-state index contributed by atoms with van der Waals surface area (Å²) in [7, 11) is 0. The van der Waals surface area contributed by atoms with Crippen LogP contribution in [0.1, 0.15) is 12.8 Å². The molecule has 2 heterocycles. The Balaban J connectivity index is 1.66. The van der Waals surface area contributed by atoms with Gasteiger partial charge < -0.3 is 20.3 Å². The van der Waals surface area contributed by atoms with Gasteiger partial charge in [0.2, 0.25) is 5.91 Å². The van der Waals surface area contributed by atoms with E-state index in [-0.39, 0.29) is 6.61 Å². The first-order valence-corrected chi connectivity index (χ1v) is 11.0. The Morgan fingerprint density at radius 3 is 2.70 bits per heavy atom. The summed E-state index contributed by atoms with van der Waals surface area (Å²) in [5.74, 6) is -2.01. The first-order chi connectivity index (χ1) is 14.5. The number of benzene rings is 1. The van der Waals surface area contributed by atoms with Crippen LogP contribution in [0.15, 0.2) is 29.2 Å². The van der Waals surface area contributed by atoms with Crippen LogP contribution < -0.4 is 15.5 Å². The monoisotopic (exact) mass is 437 g/mol. The number of nitrogens with zero attached hydrogens (tertiary/aromatic N) is 1. The Morgan fingerprint density at radius 1 is 1.27 bits per heavy atom. The van der Waals surface area contributed by atoms with Crippen molar-refractivity contribution < 1.29 is 29.3 Å². The molecule has 0 aliphatic carbocycles. The number of thioether (sulfide) groups is 1. The molecule has 0 saturated carbocycles. The van der Waals surface area contributed by atoms with E-state index in [0.717, 1.165) is 30.8 Å². The molecule has 9 nitrogen and oxygen atoms in total. The number of ether oxygens (including phenoxy) is 1.